The number of aliphatic carboxylic acids is 2. The fourth-order valence-electron chi connectivity index (χ4n) is 6.70. The Bertz CT molecular complexity index is 1310. The van der Waals surface area contributed by atoms with E-state index in [0.29, 0.717) is 15.6 Å². The van der Waals surface area contributed by atoms with Gasteiger partial charge in [0.15, 0.2) is 0 Å². The van der Waals surface area contributed by atoms with E-state index in [1.165, 1.54) is 6.07 Å². The predicted molar refractivity (Wildman–Crippen MR) is 131 cm³/mol. The number of allylic oxidation sites excluding steroid dienone is 2. The van der Waals surface area contributed by atoms with Crippen LogP contribution in [-0.2, 0) is 28.8 Å². The first kappa shape index (κ1) is 26.1. The molecule has 5 rings (SSSR count). The largest absolute Gasteiger partial charge is 0.508 e. The highest BCUT2D eigenvalue weighted by Gasteiger charge is 2.62. The summed E-state index contributed by atoms with van der Waals surface area (Å²) in [5, 5.41) is 29.0. The maximum atomic E-state index is 13.6. The van der Waals surface area contributed by atoms with Crippen molar-refractivity contribution in [3.63, 3.8) is 0 Å². The zero-order chi connectivity index (χ0) is 27.5. The van der Waals surface area contributed by atoms with Crippen LogP contribution in [0.2, 0.25) is 0 Å². The Balaban J connectivity index is 1.58. The summed E-state index contributed by atoms with van der Waals surface area (Å²) < 4.78 is 0.629. The Morgan fingerprint density at radius 3 is 2.03 bits per heavy atom. The summed E-state index contributed by atoms with van der Waals surface area (Å²) in [5.41, 5.74) is 1.08. The number of carboxylic acids is 2. The Morgan fingerprint density at radius 2 is 1.42 bits per heavy atom. The number of hydrogen-bond acceptors (Lipinski definition) is 7. The number of likely N-dealkylation sites (tertiary alicyclic amines) is 2. The zero-order valence-corrected chi connectivity index (χ0v) is 21.7. The van der Waals surface area contributed by atoms with E-state index in [-0.39, 0.29) is 38.1 Å². The average molecular weight is 589 g/mol. The summed E-state index contributed by atoms with van der Waals surface area (Å²) in [6, 6.07) is 4.75. The number of carboxylic acid groups (broad SMARTS) is 2. The fourth-order valence-corrected chi connectivity index (χ4v) is 7.08. The van der Waals surface area contributed by atoms with Gasteiger partial charge in [-0.3, -0.25) is 38.6 Å². The van der Waals surface area contributed by atoms with Crippen LogP contribution < -0.4 is 0 Å². The van der Waals surface area contributed by atoms with Crippen LogP contribution in [0.25, 0.3) is 0 Å². The first-order chi connectivity index (χ1) is 18.0. The standard InChI is InChI=1S/C26H25BrN2O9/c27-11-1-4-17(30)15(9-11)20-12-2-3-13-21(25(37)28(23(13)35)7-5-18(31)32)14(12)10-16-22(20)26(38)29(24(16)36)8-6-19(33)34/h1-2,4,9,13-14,16,20-22,30H,3,5-8,10H2,(H,31,32)(H,33,34)/t13-,14+,16+,20+,21-,22+/m0/s1. The molecule has 0 unspecified atom stereocenters. The number of phenolic OH excluding ortho intramolecular Hbond substituents is 1. The minimum Gasteiger partial charge on any atom is -0.508 e. The number of fused-ring (bicyclic) bond motifs is 4. The smallest absolute Gasteiger partial charge is 0.305 e. The molecule has 0 bridgehead atoms. The molecule has 1 saturated carbocycles. The van der Waals surface area contributed by atoms with Crippen LogP contribution in [0.4, 0.5) is 0 Å². The number of imide groups is 2. The molecule has 1 aromatic carbocycles. The van der Waals surface area contributed by atoms with Crippen molar-refractivity contribution in [3.05, 3.63) is 39.9 Å². The molecular weight excluding hydrogens is 564 g/mol. The van der Waals surface area contributed by atoms with Crippen LogP contribution in [0.3, 0.4) is 0 Å². The summed E-state index contributed by atoms with van der Waals surface area (Å²) in [6.07, 6.45) is 1.34. The number of phenols is 1. The summed E-state index contributed by atoms with van der Waals surface area (Å²) >= 11 is 3.39. The topological polar surface area (TPSA) is 170 Å². The van der Waals surface area contributed by atoms with E-state index in [1.54, 1.807) is 12.1 Å². The average Bonchev–Trinajstić information content (AvgIpc) is 3.25. The van der Waals surface area contributed by atoms with Gasteiger partial charge in [0.2, 0.25) is 23.6 Å². The molecule has 2 aliphatic heterocycles. The van der Waals surface area contributed by atoms with Crippen molar-refractivity contribution in [2.45, 2.75) is 31.6 Å². The molecule has 1 aromatic rings. The van der Waals surface area contributed by atoms with Gasteiger partial charge in [0.05, 0.1) is 36.5 Å². The van der Waals surface area contributed by atoms with Crippen LogP contribution in [0.1, 0.15) is 37.2 Å². The predicted octanol–water partition coefficient (Wildman–Crippen LogP) is 1.74. The molecule has 3 fully saturated rings. The van der Waals surface area contributed by atoms with E-state index in [1.807, 2.05) is 6.08 Å². The maximum absolute atomic E-state index is 13.6. The Hall–Kier alpha value is -3.54. The maximum Gasteiger partial charge on any atom is 0.305 e. The molecule has 11 nitrogen and oxygen atoms in total. The van der Waals surface area contributed by atoms with Crippen LogP contribution in [0, 0.1) is 29.6 Å². The first-order valence-electron chi connectivity index (χ1n) is 12.3. The number of nitrogens with zero attached hydrogens (tertiary/aromatic N) is 2. The first-order valence-corrected chi connectivity index (χ1v) is 13.1. The summed E-state index contributed by atoms with van der Waals surface area (Å²) in [4.78, 5) is 77.8. The van der Waals surface area contributed by atoms with Crippen molar-refractivity contribution >= 4 is 51.5 Å². The SMILES string of the molecule is O=C(O)CCN1C(=O)[C@H]2[C@H](CC=C3[C@H]2C[C@H]2C(=O)N(CCC(=O)O)C(=O)[C@H]2[C@H]3c2cc(Br)ccc2O)C1=O. The molecule has 38 heavy (non-hydrogen) atoms. The monoisotopic (exact) mass is 588 g/mol. The van der Waals surface area contributed by atoms with E-state index in [4.69, 9.17) is 10.2 Å². The minimum atomic E-state index is -1.16. The van der Waals surface area contributed by atoms with E-state index in [2.05, 4.69) is 15.9 Å². The Labute approximate surface area is 225 Å². The molecule has 4 aliphatic rings. The highest BCUT2D eigenvalue weighted by Crippen LogP contribution is 2.58. The summed E-state index contributed by atoms with van der Waals surface area (Å²) in [6.45, 7) is -0.530. The van der Waals surface area contributed by atoms with Crippen molar-refractivity contribution in [1.82, 2.24) is 9.80 Å². The van der Waals surface area contributed by atoms with Crippen molar-refractivity contribution in [3.8, 4) is 5.75 Å². The highest BCUT2D eigenvalue weighted by molar-refractivity contribution is 9.10. The molecule has 0 radical (unpaired) electrons. The van der Waals surface area contributed by atoms with Gasteiger partial charge in [-0.1, -0.05) is 27.6 Å². The van der Waals surface area contributed by atoms with Crippen LogP contribution >= 0.6 is 15.9 Å². The molecule has 4 amide bonds. The highest BCUT2D eigenvalue weighted by atomic mass is 79.9. The van der Waals surface area contributed by atoms with Gasteiger partial charge in [0.1, 0.15) is 5.75 Å². The van der Waals surface area contributed by atoms with Crippen molar-refractivity contribution < 1.29 is 44.1 Å². The van der Waals surface area contributed by atoms with E-state index in [0.717, 1.165) is 9.80 Å². The quantitative estimate of drug-likeness (QED) is 0.317. The lowest BCUT2D eigenvalue weighted by molar-refractivity contribution is -0.145. The van der Waals surface area contributed by atoms with E-state index in [9.17, 15) is 33.9 Å². The molecular formula is C26H25BrN2O9. The second kappa shape index (κ2) is 9.64. The molecule has 0 aromatic heterocycles. The molecule has 0 spiro atoms. The number of rotatable bonds is 7. The van der Waals surface area contributed by atoms with Crippen molar-refractivity contribution in [2.24, 2.45) is 29.6 Å². The summed E-state index contributed by atoms with van der Waals surface area (Å²) in [7, 11) is 0. The number of benzene rings is 1. The van der Waals surface area contributed by atoms with E-state index < -0.39 is 77.5 Å². The molecule has 2 aliphatic carbocycles. The molecule has 12 heteroatoms. The number of halogens is 1. The van der Waals surface area contributed by atoms with Gasteiger partial charge in [-0.05, 0) is 37.0 Å². The van der Waals surface area contributed by atoms with Gasteiger partial charge in [0, 0.05) is 29.0 Å². The van der Waals surface area contributed by atoms with Gasteiger partial charge in [-0.2, -0.15) is 0 Å². The lowest BCUT2D eigenvalue weighted by Gasteiger charge is -2.44. The van der Waals surface area contributed by atoms with Crippen LogP contribution in [0.15, 0.2) is 34.3 Å². The minimum absolute atomic E-state index is 0.0956. The number of carbonyl (C=O) groups is 6. The third-order valence-electron chi connectivity index (χ3n) is 8.25. The Kier molecular flexibility index (Phi) is 6.62. The van der Waals surface area contributed by atoms with Crippen molar-refractivity contribution in [2.75, 3.05) is 13.1 Å². The fraction of sp³-hybridized carbons (Fsp3) is 0.462. The molecule has 6 atom stereocenters. The third-order valence-corrected chi connectivity index (χ3v) is 8.75. The molecule has 200 valence electrons. The molecule has 2 heterocycles. The van der Waals surface area contributed by atoms with Gasteiger partial charge in [-0.25, -0.2) is 0 Å². The zero-order valence-electron chi connectivity index (χ0n) is 20.1. The second-order valence-electron chi connectivity index (χ2n) is 10.2. The number of amides is 4. The van der Waals surface area contributed by atoms with Gasteiger partial charge in [-0.15, -0.1) is 0 Å². The van der Waals surface area contributed by atoms with Gasteiger partial charge < -0.3 is 15.3 Å². The van der Waals surface area contributed by atoms with E-state index >= 15 is 0 Å². The molecule has 2 saturated heterocycles. The number of hydrogen-bond donors (Lipinski definition) is 3. The lowest BCUT2D eigenvalue weighted by atomic mass is 9.57. The third kappa shape index (κ3) is 4.11. The number of aromatic hydroxyl groups is 1. The molecule has 3 N–H and O–H groups in total. The van der Waals surface area contributed by atoms with Crippen LogP contribution in [0.5, 0.6) is 5.75 Å². The summed E-state index contributed by atoms with van der Waals surface area (Å²) in [5.74, 6) is -9.00. The van der Waals surface area contributed by atoms with Crippen LogP contribution in [-0.4, -0.2) is 73.8 Å². The second-order valence-corrected chi connectivity index (χ2v) is 11.1. The lowest BCUT2D eigenvalue weighted by Crippen LogP contribution is -2.43. The Morgan fingerprint density at radius 1 is 0.842 bits per heavy atom. The number of carbonyl (C=O) groups excluding carboxylic acids is 4. The van der Waals surface area contributed by atoms with Crippen molar-refractivity contribution in [1.29, 1.82) is 0 Å². The van der Waals surface area contributed by atoms with Gasteiger partial charge >= 0.3 is 11.9 Å². The van der Waals surface area contributed by atoms with Gasteiger partial charge in [0.25, 0.3) is 0 Å². The normalized spacial score (nSPS) is 30.2.